The molecule has 1 aromatic heterocycles. The summed E-state index contributed by atoms with van der Waals surface area (Å²) in [5, 5.41) is 6.52. The van der Waals surface area contributed by atoms with Gasteiger partial charge in [-0.3, -0.25) is 14.3 Å². The van der Waals surface area contributed by atoms with Crippen molar-refractivity contribution >= 4 is 23.3 Å². The summed E-state index contributed by atoms with van der Waals surface area (Å²) in [6.45, 7) is 1.41. The Bertz CT molecular complexity index is 624. The van der Waals surface area contributed by atoms with Crippen molar-refractivity contribution in [2.24, 2.45) is 0 Å². The predicted molar refractivity (Wildman–Crippen MR) is 77.3 cm³/mol. The van der Waals surface area contributed by atoms with Gasteiger partial charge in [-0.05, 0) is 19.1 Å². The van der Waals surface area contributed by atoms with Gasteiger partial charge in [0.15, 0.2) is 6.10 Å². The Morgan fingerprint density at radius 3 is 2.71 bits per heavy atom. The summed E-state index contributed by atoms with van der Waals surface area (Å²) >= 11 is 0. The lowest BCUT2D eigenvalue weighted by molar-refractivity contribution is -0.153. The quantitative estimate of drug-likeness (QED) is 0.801. The molecule has 0 aliphatic heterocycles. The summed E-state index contributed by atoms with van der Waals surface area (Å²) in [5.74, 6) is -0.955. The number of carbonyl (C=O) groups excluding carboxylic acids is 2. The molecule has 2 rings (SSSR count). The van der Waals surface area contributed by atoms with Gasteiger partial charge in [0.05, 0.1) is 11.9 Å². The number of para-hydroxylation sites is 1. The number of nitrogen functional groups attached to an aromatic ring is 1. The van der Waals surface area contributed by atoms with Gasteiger partial charge < -0.3 is 15.8 Å². The molecule has 0 spiro atoms. The van der Waals surface area contributed by atoms with Crippen molar-refractivity contribution in [3.63, 3.8) is 0 Å². The number of nitrogens with two attached hydrogens (primary N) is 1. The highest BCUT2D eigenvalue weighted by Gasteiger charge is 2.18. The van der Waals surface area contributed by atoms with Crippen LogP contribution in [0.4, 0.5) is 11.4 Å². The van der Waals surface area contributed by atoms with Crippen LogP contribution in [-0.4, -0.2) is 27.8 Å². The van der Waals surface area contributed by atoms with Crippen molar-refractivity contribution in [2.75, 3.05) is 11.1 Å². The Balaban J connectivity index is 1.84. The van der Waals surface area contributed by atoms with E-state index in [0.29, 0.717) is 11.4 Å². The Labute approximate surface area is 121 Å². The fourth-order valence-electron chi connectivity index (χ4n) is 1.65. The molecule has 1 amide bonds. The molecule has 0 saturated carbocycles. The fourth-order valence-corrected chi connectivity index (χ4v) is 1.65. The van der Waals surface area contributed by atoms with E-state index in [0.717, 1.165) is 0 Å². The molecule has 1 unspecified atom stereocenters. The summed E-state index contributed by atoms with van der Waals surface area (Å²) in [4.78, 5) is 23.6. The van der Waals surface area contributed by atoms with Gasteiger partial charge in [-0.15, -0.1) is 0 Å². The van der Waals surface area contributed by atoms with E-state index >= 15 is 0 Å². The fraction of sp³-hybridized carbons (Fsp3) is 0.214. The Morgan fingerprint density at radius 2 is 2.10 bits per heavy atom. The smallest absolute Gasteiger partial charge is 0.328 e. The van der Waals surface area contributed by atoms with Crippen LogP contribution in [0, 0.1) is 0 Å². The summed E-state index contributed by atoms with van der Waals surface area (Å²) in [5.41, 5.74) is 6.59. The zero-order valence-corrected chi connectivity index (χ0v) is 11.5. The van der Waals surface area contributed by atoms with Crippen molar-refractivity contribution in [3.8, 4) is 0 Å². The van der Waals surface area contributed by atoms with Crippen LogP contribution >= 0.6 is 0 Å². The van der Waals surface area contributed by atoms with Crippen molar-refractivity contribution in [2.45, 2.75) is 19.6 Å². The molecule has 1 aromatic carbocycles. The van der Waals surface area contributed by atoms with Crippen molar-refractivity contribution in [3.05, 3.63) is 42.7 Å². The number of benzene rings is 1. The van der Waals surface area contributed by atoms with Gasteiger partial charge >= 0.3 is 5.97 Å². The number of nitrogens with zero attached hydrogens (tertiary/aromatic N) is 2. The standard InChI is InChI=1S/C14H16N4O3/c1-10(14(20)17-12-5-3-2-4-6-12)21-13(19)9-18-8-11(15)7-16-18/h2-8,10H,9,15H2,1H3,(H,17,20). The normalized spacial score (nSPS) is 11.7. The van der Waals surface area contributed by atoms with Crippen molar-refractivity contribution < 1.29 is 14.3 Å². The van der Waals surface area contributed by atoms with Crippen LogP contribution < -0.4 is 11.1 Å². The van der Waals surface area contributed by atoms with Crippen LogP contribution in [0.15, 0.2) is 42.7 Å². The second kappa shape index (κ2) is 6.56. The van der Waals surface area contributed by atoms with E-state index in [4.69, 9.17) is 10.5 Å². The van der Waals surface area contributed by atoms with E-state index in [1.54, 1.807) is 24.3 Å². The first-order valence-corrected chi connectivity index (χ1v) is 6.38. The highest BCUT2D eigenvalue weighted by atomic mass is 16.5. The molecular weight excluding hydrogens is 272 g/mol. The van der Waals surface area contributed by atoms with Gasteiger partial charge in [0.2, 0.25) is 0 Å². The molecule has 110 valence electrons. The van der Waals surface area contributed by atoms with Crippen LogP contribution in [0.1, 0.15) is 6.92 Å². The van der Waals surface area contributed by atoms with Crippen LogP contribution in [0.5, 0.6) is 0 Å². The molecular formula is C14H16N4O3. The number of rotatable bonds is 5. The topological polar surface area (TPSA) is 99.2 Å². The molecule has 0 aliphatic carbocycles. The molecule has 3 N–H and O–H groups in total. The molecule has 0 aliphatic rings. The highest BCUT2D eigenvalue weighted by Crippen LogP contribution is 2.07. The van der Waals surface area contributed by atoms with E-state index in [-0.39, 0.29) is 6.54 Å². The third-order valence-corrected chi connectivity index (χ3v) is 2.66. The number of nitrogens with one attached hydrogen (secondary N) is 1. The van der Waals surface area contributed by atoms with Gasteiger partial charge in [0.1, 0.15) is 6.54 Å². The van der Waals surface area contributed by atoms with Gasteiger partial charge in [-0.25, -0.2) is 0 Å². The second-order valence-corrected chi connectivity index (χ2v) is 4.46. The van der Waals surface area contributed by atoms with Crippen molar-refractivity contribution in [1.29, 1.82) is 0 Å². The minimum atomic E-state index is -0.898. The minimum Gasteiger partial charge on any atom is -0.451 e. The number of hydrogen-bond acceptors (Lipinski definition) is 5. The molecule has 0 fully saturated rings. The average Bonchev–Trinajstić information content (AvgIpc) is 2.84. The van der Waals surface area contributed by atoms with Gasteiger partial charge in [-0.2, -0.15) is 5.10 Å². The lowest BCUT2D eigenvalue weighted by Crippen LogP contribution is -2.31. The lowest BCUT2D eigenvalue weighted by Gasteiger charge is -2.13. The molecule has 21 heavy (non-hydrogen) atoms. The van der Waals surface area contributed by atoms with E-state index in [1.165, 1.54) is 24.0 Å². The van der Waals surface area contributed by atoms with E-state index in [9.17, 15) is 9.59 Å². The first-order chi connectivity index (χ1) is 10.0. The first kappa shape index (κ1) is 14.6. The minimum absolute atomic E-state index is 0.0971. The number of hydrogen-bond donors (Lipinski definition) is 2. The second-order valence-electron chi connectivity index (χ2n) is 4.46. The largest absolute Gasteiger partial charge is 0.451 e. The summed E-state index contributed by atoms with van der Waals surface area (Å²) < 4.78 is 6.39. The highest BCUT2D eigenvalue weighted by molar-refractivity contribution is 5.95. The van der Waals surface area contributed by atoms with E-state index in [1.807, 2.05) is 6.07 Å². The van der Waals surface area contributed by atoms with Gasteiger partial charge in [-0.1, -0.05) is 18.2 Å². The third-order valence-electron chi connectivity index (χ3n) is 2.66. The number of anilines is 2. The molecule has 2 aromatic rings. The summed E-state index contributed by atoms with van der Waals surface area (Å²) in [6, 6.07) is 8.94. The molecule has 1 heterocycles. The van der Waals surface area contributed by atoms with Crippen LogP contribution in [0.3, 0.4) is 0 Å². The monoisotopic (exact) mass is 288 g/mol. The summed E-state index contributed by atoms with van der Waals surface area (Å²) in [7, 11) is 0. The third kappa shape index (κ3) is 4.34. The number of esters is 1. The molecule has 1 atom stereocenters. The SMILES string of the molecule is CC(OC(=O)Cn1cc(N)cn1)C(=O)Nc1ccccc1. The molecule has 0 radical (unpaired) electrons. The van der Waals surface area contributed by atoms with Crippen LogP contribution in [0.2, 0.25) is 0 Å². The van der Waals surface area contributed by atoms with Crippen molar-refractivity contribution in [1.82, 2.24) is 9.78 Å². The maximum absolute atomic E-state index is 11.9. The zero-order valence-electron chi connectivity index (χ0n) is 11.5. The van der Waals surface area contributed by atoms with E-state index in [2.05, 4.69) is 10.4 Å². The molecule has 7 heteroatoms. The van der Waals surface area contributed by atoms with Crippen LogP contribution in [0.25, 0.3) is 0 Å². The maximum Gasteiger partial charge on any atom is 0.328 e. The van der Waals surface area contributed by atoms with Gasteiger partial charge in [0.25, 0.3) is 5.91 Å². The Hall–Kier alpha value is -2.83. The maximum atomic E-state index is 11.9. The zero-order chi connectivity index (χ0) is 15.2. The average molecular weight is 288 g/mol. The van der Waals surface area contributed by atoms with Gasteiger partial charge in [0, 0.05) is 11.9 Å². The first-order valence-electron chi connectivity index (χ1n) is 6.38. The molecule has 0 bridgehead atoms. The Morgan fingerprint density at radius 1 is 1.38 bits per heavy atom. The predicted octanol–water partition coefficient (Wildman–Crippen LogP) is 1.04. The van der Waals surface area contributed by atoms with Crippen LogP contribution in [-0.2, 0) is 20.9 Å². The Kier molecular flexibility index (Phi) is 4.55. The molecule has 0 saturated heterocycles. The lowest BCUT2D eigenvalue weighted by atomic mass is 10.3. The number of carbonyl (C=O) groups is 2. The summed E-state index contributed by atoms with van der Waals surface area (Å²) in [6.07, 6.45) is 2.04. The van der Waals surface area contributed by atoms with E-state index < -0.39 is 18.0 Å². The number of amides is 1. The molecule has 7 nitrogen and oxygen atoms in total. The number of aromatic nitrogens is 2. The number of ether oxygens (including phenoxy) is 1.